The summed E-state index contributed by atoms with van der Waals surface area (Å²) < 4.78 is 0. The maximum atomic E-state index is 2.55. The molecule has 0 saturated heterocycles. The summed E-state index contributed by atoms with van der Waals surface area (Å²) in [5.41, 5.74) is 3.36. The van der Waals surface area contributed by atoms with Crippen LogP contribution in [0.25, 0.3) is 0 Å². The maximum Gasteiger partial charge on any atom is 0.0480 e. The Kier molecular flexibility index (Phi) is 9.00. The van der Waals surface area contributed by atoms with Gasteiger partial charge < -0.3 is 0 Å². The Labute approximate surface area is 130 Å². The Hall–Kier alpha value is -0.0862. The van der Waals surface area contributed by atoms with E-state index in [0.29, 0.717) is 0 Å². The third kappa shape index (κ3) is 11.7. The first-order valence-corrected chi connectivity index (χ1v) is 15.8. The zero-order chi connectivity index (χ0) is 15.8. The second kappa shape index (κ2) is 9.04. The predicted octanol–water partition coefficient (Wildman–Crippen LogP) is 7.12. The van der Waals surface area contributed by atoms with Crippen LogP contribution in [0.2, 0.25) is 51.4 Å². The van der Waals surface area contributed by atoms with Crippen LogP contribution in [0.15, 0.2) is 23.3 Å². The fraction of sp³-hybridized carbons (Fsp3) is 0.778. The molecule has 118 valence electrons. The number of allylic oxidation sites excluding steroid dienone is 4. The molecule has 0 bridgehead atoms. The summed E-state index contributed by atoms with van der Waals surface area (Å²) in [6.45, 7) is 19.4. The SMILES string of the molecule is CCC(=CC[Si](C)(C)C)CCC(=CC[Si](C)(C)C)CC. The third-order valence-corrected chi connectivity index (χ3v) is 6.54. The zero-order valence-electron chi connectivity index (χ0n) is 15.4. The van der Waals surface area contributed by atoms with E-state index in [1.54, 1.807) is 11.1 Å². The van der Waals surface area contributed by atoms with Crippen LogP contribution in [-0.4, -0.2) is 16.1 Å². The van der Waals surface area contributed by atoms with Gasteiger partial charge in [-0.2, -0.15) is 0 Å². The smallest absolute Gasteiger partial charge is 0.0480 e. The lowest BCUT2D eigenvalue weighted by atomic mass is 10.0. The van der Waals surface area contributed by atoms with Crippen molar-refractivity contribution >= 4 is 16.1 Å². The van der Waals surface area contributed by atoms with Gasteiger partial charge >= 0.3 is 0 Å². The largest absolute Gasteiger partial charge is 0.0880 e. The summed E-state index contributed by atoms with van der Waals surface area (Å²) in [4.78, 5) is 0. The second-order valence-electron chi connectivity index (χ2n) is 8.46. The maximum absolute atomic E-state index is 2.55. The van der Waals surface area contributed by atoms with Gasteiger partial charge in [0.1, 0.15) is 0 Å². The van der Waals surface area contributed by atoms with Crippen molar-refractivity contribution in [3.05, 3.63) is 23.3 Å². The Morgan fingerprint density at radius 1 is 0.650 bits per heavy atom. The van der Waals surface area contributed by atoms with E-state index in [2.05, 4.69) is 65.3 Å². The van der Waals surface area contributed by atoms with Crippen LogP contribution >= 0.6 is 0 Å². The molecule has 0 atom stereocenters. The summed E-state index contributed by atoms with van der Waals surface area (Å²) >= 11 is 0. The van der Waals surface area contributed by atoms with E-state index in [1.165, 1.54) is 37.8 Å². The van der Waals surface area contributed by atoms with Crippen molar-refractivity contribution in [3.8, 4) is 0 Å². The van der Waals surface area contributed by atoms with Crippen molar-refractivity contribution in [1.82, 2.24) is 0 Å². The highest BCUT2D eigenvalue weighted by Gasteiger charge is 2.12. The summed E-state index contributed by atoms with van der Waals surface area (Å²) in [5.74, 6) is 0. The molecule has 0 saturated carbocycles. The molecule has 20 heavy (non-hydrogen) atoms. The topological polar surface area (TPSA) is 0 Å². The van der Waals surface area contributed by atoms with Gasteiger partial charge in [-0.1, -0.05) is 76.4 Å². The quantitative estimate of drug-likeness (QED) is 0.314. The molecule has 0 N–H and O–H groups in total. The van der Waals surface area contributed by atoms with Crippen LogP contribution < -0.4 is 0 Å². The Balaban J connectivity index is 4.46. The first-order chi connectivity index (χ1) is 9.07. The van der Waals surface area contributed by atoms with E-state index in [9.17, 15) is 0 Å². The molecule has 0 radical (unpaired) electrons. The number of hydrogen-bond acceptors (Lipinski definition) is 0. The van der Waals surface area contributed by atoms with Gasteiger partial charge in [-0.05, 0) is 37.8 Å². The Morgan fingerprint density at radius 2 is 0.950 bits per heavy atom. The molecule has 0 unspecified atom stereocenters. The molecule has 0 fully saturated rings. The minimum absolute atomic E-state index is 0.926. The lowest BCUT2D eigenvalue weighted by Crippen LogP contribution is -2.17. The zero-order valence-corrected chi connectivity index (χ0v) is 17.4. The molecule has 0 spiro atoms. The average molecular weight is 311 g/mol. The van der Waals surface area contributed by atoms with Crippen molar-refractivity contribution in [2.75, 3.05) is 0 Å². The molecule has 2 heteroatoms. The van der Waals surface area contributed by atoms with Gasteiger partial charge in [-0.25, -0.2) is 0 Å². The van der Waals surface area contributed by atoms with Crippen LogP contribution in [0.3, 0.4) is 0 Å². The second-order valence-corrected chi connectivity index (χ2v) is 19.5. The lowest BCUT2D eigenvalue weighted by molar-refractivity contribution is 0.836. The van der Waals surface area contributed by atoms with Crippen molar-refractivity contribution < 1.29 is 0 Å². The van der Waals surface area contributed by atoms with Crippen molar-refractivity contribution in [2.24, 2.45) is 0 Å². The summed E-state index contributed by atoms with van der Waals surface area (Å²) in [6, 6.07) is 2.69. The van der Waals surface area contributed by atoms with Crippen LogP contribution in [0.4, 0.5) is 0 Å². The fourth-order valence-electron chi connectivity index (χ4n) is 2.07. The van der Waals surface area contributed by atoms with Gasteiger partial charge in [-0.3, -0.25) is 0 Å². The van der Waals surface area contributed by atoms with Crippen molar-refractivity contribution in [3.63, 3.8) is 0 Å². The van der Waals surface area contributed by atoms with Crippen LogP contribution in [-0.2, 0) is 0 Å². The number of rotatable bonds is 9. The van der Waals surface area contributed by atoms with Crippen LogP contribution in [0, 0.1) is 0 Å². The first kappa shape index (κ1) is 19.9. The molecule has 0 nitrogen and oxygen atoms in total. The Bertz CT molecular complexity index is 290. The molecule has 0 aromatic heterocycles. The molecule has 0 aromatic rings. The molecule has 0 heterocycles. The third-order valence-electron chi connectivity index (χ3n) is 3.68. The summed E-state index contributed by atoms with van der Waals surface area (Å²) in [6.07, 6.45) is 10.1. The van der Waals surface area contributed by atoms with E-state index in [4.69, 9.17) is 0 Å². The average Bonchev–Trinajstić information content (AvgIpc) is 2.30. The van der Waals surface area contributed by atoms with Crippen LogP contribution in [0.1, 0.15) is 39.5 Å². The van der Waals surface area contributed by atoms with E-state index >= 15 is 0 Å². The highest BCUT2D eigenvalue weighted by Crippen LogP contribution is 2.21. The monoisotopic (exact) mass is 310 g/mol. The van der Waals surface area contributed by atoms with E-state index in [-0.39, 0.29) is 0 Å². The van der Waals surface area contributed by atoms with Gasteiger partial charge in [0, 0.05) is 16.1 Å². The van der Waals surface area contributed by atoms with Gasteiger partial charge in [0.2, 0.25) is 0 Å². The summed E-state index contributed by atoms with van der Waals surface area (Å²) in [7, 11) is -1.85. The molecule has 0 aliphatic heterocycles. The standard InChI is InChI=1S/C18H38Si2/c1-9-17(13-15-19(3,4)5)11-12-18(10-2)14-16-20(6,7)8/h13-14H,9-12,15-16H2,1-8H3. The highest BCUT2D eigenvalue weighted by atomic mass is 28.3. The molecule has 0 rings (SSSR count). The van der Waals surface area contributed by atoms with E-state index < -0.39 is 16.1 Å². The van der Waals surface area contributed by atoms with E-state index in [0.717, 1.165) is 0 Å². The molecule has 0 aliphatic carbocycles. The molecular weight excluding hydrogens is 272 g/mol. The van der Waals surface area contributed by atoms with Gasteiger partial charge in [-0.15, -0.1) is 0 Å². The highest BCUT2D eigenvalue weighted by molar-refractivity contribution is 6.76. The van der Waals surface area contributed by atoms with Gasteiger partial charge in [0.15, 0.2) is 0 Å². The molecule has 0 aromatic carbocycles. The first-order valence-electron chi connectivity index (χ1n) is 8.43. The normalized spacial score (nSPS) is 14.8. The van der Waals surface area contributed by atoms with Gasteiger partial charge in [0.05, 0.1) is 0 Å². The molecule has 0 amide bonds. The van der Waals surface area contributed by atoms with Gasteiger partial charge in [0.25, 0.3) is 0 Å². The summed E-state index contributed by atoms with van der Waals surface area (Å²) in [5, 5.41) is 0. The Morgan fingerprint density at radius 3 is 1.15 bits per heavy atom. The van der Waals surface area contributed by atoms with E-state index in [1.807, 2.05) is 0 Å². The minimum Gasteiger partial charge on any atom is -0.0880 e. The molecule has 0 aliphatic rings. The fourth-order valence-corrected chi connectivity index (χ4v) is 3.87. The number of hydrogen-bond donors (Lipinski definition) is 0. The lowest BCUT2D eigenvalue weighted by Gasteiger charge is -2.16. The minimum atomic E-state index is -0.926. The van der Waals surface area contributed by atoms with Crippen molar-refractivity contribution in [2.45, 2.75) is 90.9 Å². The van der Waals surface area contributed by atoms with Crippen molar-refractivity contribution in [1.29, 1.82) is 0 Å². The molecular formula is C18H38Si2. The predicted molar refractivity (Wildman–Crippen MR) is 102 cm³/mol. The van der Waals surface area contributed by atoms with Crippen LogP contribution in [0.5, 0.6) is 0 Å².